The molecule has 0 aliphatic heterocycles. The lowest BCUT2D eigenvalue weighted by atomic mass is 9.96. The Morgan fingerprint density at radius 1 is 1.24 bits per heavy atom. The van der Waals surface area contributed by atoms with E-state index in [1.807, 2.05) is 6.92 Å². The third-order valence-electron chi connectivity index (χ3n) is 3.32. The van der Waals surface area contributed by atoms with Crippen molar-refractivity contribution in [3.63, 3.8) is 0 Å². The SMILES string of the molecule is Cc1ccnc(N)c1C(N)Cc1cccc(C(F)(F)F)c1. The first-order valence-corrected chi connectivity index (χ1v) is 6.41. The van der Waals surface area contributed by atoms with Gasteiger partial charge >= 0.3 is 6.18 Å². The number of hydrogen-bond donors (Lipinski definition) is 2. The van der Waals surface area contributed by atoms with E-state index in [9.17, 15) is 13.2 Å². The van der Waals surface area contributed by atoms with E-state index in [2.05, 4.69) is 4.98 Å². The van der Waals surface area contributed by atoms with Crippen LogP contribution in [0.3, 0.4) is 0 Å². The highest BCUT2D eigenvalue weighted by Gasteiger charge is 2.30. The molecular formula is C15H16F3N3. The summed E-state index contributed by atoms with van der Waals surface area (Å²) in [5, 5.41) is 0. The summed E-state index contributed by atoms with van der Waals surface area (Å²) >= 11 is 0. The van der Waals surface area contributed by atoms with E-state index >= 15 is 0 Å². The number of halogens is 3. The summed E-state index contributed by atoms with van der Waals surface area (Å²) in [5.74, 6) is 0.314. The Morgan fingerprint density at radius 2 is 1.95 bits per heavy atom. The molecule has 0 bridgehead atoms. The lowest BCUT2D eigenvalue weighted by Crippen LogP contribution is -2.17. The fourth-order valence-corrected chi connectivity index (χ4v) is 2.30. The zero-order chi connectivity index (χ0) is 15.6. The zero-order valence-corrected chi connectivity index (χ0v) is 11.5. The predicted molar refractivity (Wildman–Crippen MR) is 75.5 cm³/mol. The van der Waals surface area contributed by atoms with Crippen molar-refractivity contribution in [1.82, 2.24) is 4.98 Å². The van der Waals surface area contributed by atoms with Crippen LogP contribution in [0.2, 0.25) is 0 Å². The molecule has 0 aliphatic carbocycles. The van der Waals surface area contributed by atoms with Gasteiger partial charge in [-0.25, -0.2) is 4.98 Å². The van der Waals surface area contributed by atoms with Gasteiger partial charge in [-0.2, -0.15) is 13.2 Å². The Balaban J connectivity index is 2.26. The average Bonchev–Trinajstić information content (AvgIpc) is 2.37. The molecule has 2 rings (SSSR count). The Hall–Kier alpha value is -2.08. The first kappa shape index (κ1) is 15.3. The Morgan fingerprint density at radius 3 is 2.57 bits per heavy atom. The lowest BCUT2D eigenvalue weighted by molar-refractivity contribution is -0.137. The minimum absolute atomic E-state index is 0.265. The third kappa shape index (κ3) is 3.52. The van der Waals surface area contributed by atoms with Crippen LogP contribution < -0.4 is 11.5 Å². The number of aryl methyl sites for hydroxylation is 1. The summed E-state index contributed by atoms with van der Waals surface area (Å²) < 4.78 is 38.1. The van der Waals surface area contributed by atoms with E-state index in [0.717, 1.165) is 17.7 Å². The van der Waals surface area contributed by atoms with Gasteiger partial charge in [0, 0.05) is 17.8 Å². The Bertz CT molecular complexity index is 618. The van der Waals surface area contributed by atoms with Crippen LogP contribution in [-0.4, -0.2) is 4.98 Å². The van der Waals surface area contributed by atoms with Crippen LogP contribution in [0.1, 0.15) is 28.3 Å². The maximum Gasteiger partial charge on any atom is 0.416 e. The first-order chi connectivity index (χ1) is 9.79. The summed E-state index contributed by atoms with van der Waals surface area (Å²) in [7, 11) is 0. The molecule has 21 heavy (non-hydrogen) atoms. The number of alkyl halides is 3. The number of nitrogens with zero attached hydrogens (tertiary/aromatic N) is 1. The van der Waals surface area contributed by atoms with Crippen molar-refractivity contribution in [3.05, 3.63) is 58.8 Å². The number of pyridine rings is 1. The maximum absolute atomic E-state index is 12.7. The van der Waals surface area contributed by atoms with E-state index in [1.165, 1.54) is 6.07 Å². The van der Waals surface area contributed by atoms with Crippen molar-refractivity contribution < 1.29 is 13.2 Å². The topological polar surface area (TPSA) is 64.9 Å². The van der Waals surface area contributed by atoms with Gasteiger partial charge in [-0.15, -0.1) is 0 Å². The average molecular weight is 295 g/mol. The fraction of sp³-hybridized carbons (Fsp3) is 0.267. The molecule has 0 saturated heterocycles. The van der Waals surface area contributed by atoms with Crippen LogP contribution in [0.25, 0.3) is 0 Å². The minimum Gasteiger partial charge on any atom is -0.383 e. The van der Waals surface area contributed by atoms with Crippen LogP contribution >= 0.6 is 0 Å². The molecule has 0 fully saturated rings. The van der Waals surface area contributed by atoms with Gasteiger partial charge in [-0.3, -0.25) is 0 Å². The summed E-state index contributed by atoms with van der Waals surface area (Å²) in [6, 6.07) is 6.43. The molecule has 112 valence electrons. The second-order valence-electron chi connectivity index (χ2n) is 4.94. The van der Waals surface area contributed by atoms with Gasteiger partial charge in [-0.05, 0) is 36.6 Å². The van der Waals surface area contributed by atoms with E-state index in [1.54, 1.807) is 18.3 Å². The van der Waals surface area contributed by atoms with Crippen molar-refractivity contribution in [2.24, 2.45) is 5.73 Å². The van der Waals surface area contributed by atoms with Crippen LogP contribution in [0.15, 0.2) is 36.5 Å². The van der Waals surface area contributed by atoms with E-state index < -0.39 is 17.8 Å². The Labute approximate surface area is 120 Å². The molecule has 1 aromatic heterocycles. The van der Waals surface area contributed by atoms with E-state index in [4.69, 9.17) is 11.5 Å². The molecule has 6 heteroatoms. The molecule has 1 heterocycles. The number of hydrogen-bond acceptors (Lipinski definition) is 3. The van der Waals surface area contributed by atoms with Crippen LogP contribution in [0.5, 0.6) is 0 Å². The lowest BCUT2D eigenvalue weighted by Gasteiger charge is -2.17. The first-order valence-electron chi connectivity index (χ1n) is 6.41. The largest absolute Gasteiger partial charge is 0.416 e. The van der Waals surface area contributed by atoms with Crippen LogP contribution in [-0.2, 0) is 12.6 Å². The minimum atomic E-state index is -4.36. The number of nitrogens with two attached hydrogens (primary N) is 2. The van der Waals surface area contributed by atoms with Gasteiger partial charge in [0.25, 0.3) is 0 Å². The summed E-state index contributed by atoms with van der Waals surface area (Å²) in [4.78, 5) is 3.98. The van der Waals surface area contributed by atoms with Crippen molar-refractivity contribution in [1.29, 1.82) is 0 Å². The number of nitrogen functional groups attached to an aromatic ring is 1. The van der Waals surface area contributed by atoms with Crippen molar-refractivity contribution in [3.8, 4) is 0 Å². The van der Waals surface area contributed by atoms with Gasteiger partial charge in [0.15, 0.2) is 0 Å². The highest BCUT2D eigenvalue weighted by Crippen LogP contribution is 2.31. The standard InChI is InChI=1S/C15H16F3N3/c1-9-5-6-21-14(20)13(9)12(19)8-10-3-2-4-11(7-10)15(16,17)18/h2-7,12H,8,19H2,1H3,(H2,20,21). The quantitative estimate of drug-likeness (QED) is 0.913. The normalized spacial score (nSPS) is 13.2. The van der Waals surface area contributed by atoms with E-state index in [0.29, 0.717) is 16.9 Å². The molecule has 0 radical (unpaired) electrons. The monoisotopic (exact) mass is 295 g/mol. The van der Waals surface area contributed by atoms with Crippen LogP contribution in [0.4, 0.5) is 19.0 Å². The molecule has 3 nitrogen and oxygen atoms in total. The molecule has 1 unspecified atom stereocenters. The Kier molecular flexibility index (Phi) is 4.18. The molecule has 2 aromatic rings. The van der Waals surface area contributed by atoms with Crippen LogP contribution in [0, 0.1) is 6.92 Å². The molecular weight excluding hydrogens is 279 g/mol. The smallest absolute Gasteiger partial charge is 0.383 e. The third-order valence-corrected chi connectivity index (χ3v) is 3.32. The van der Waals surface area contributed by atoms with Gasteiger partial charge in [0.1, 0.15) is 5.82 Å². The highest BCUT2D eigenvalue weighted by atomic mass is 19.4. The molecule has 1 aromatic carbocycles. The molecule has 4 N–H and O–H groups in total. The van der Waals surface area contributed by atoms with Gasteiger partial charge in [0.05, 0.1) is 5.56 Å². The van der Waals surface area contributed by atoms with Crippen molar-refractivity contribution in [2.45, 2.75) is 25.6 Å². The molecule has 0 amide bonds. The summed E-state index contributed by atoms with van der Waals surface area (Å²) in [6.45, 7) is 1.85. The van der Waals surface area contributed by atoms with Gasteiger partial charge < -0.3 is 11.5 Å². The second kappa shape index (κ2) is 5.73. The fourth-order valence-electron chi connectivity index (χ4n) is 2.30. The summed E-state index contributed by atoms with van der Waals surface area (Å²) in [5.41, 5.74) is 13.3. The molecule has 0 saturated carbocycles. The zero-order valence-electron chi connectivity index (χ0n) is 11.5. The highest BCUT2D eigenvalue weighted by molar-refractivity contribution is 5.46. The van der Waals surface area contributed by atoms with E-state index in [-0.39, 0.29) is 6.42 Å². The van der Waals surface area contributed by atoms with Gasteiger partial charge in [-0.1, -0.05) is 18.2 Å². The number of aromatic nitrogens is 1. The predicted octanol–water partition coefficient (Wildman–Crippen LogP) is 3.23. The summed E-state index contributed by atoms with van der Waals surface area (Å²) in [6.07, 6.45) is -2.52. The number of anilines is 1. The maximum atomic E-state index is 12.7. The number of benzene rings is 1. The van der Waals surface area contributed by atoms with Gasteiger partial charge in [0.2, 0.25) is 0 Å². The second-order valence-corrected chi connectivity index (χ2v) is 4.94. The van der Waals surface area contributed by atoms with Crippen molar-refractivity contribution in [2.75, 3.05) is 5.73 Å². The van der Waals surface area contributed by atoms with Crippen molar-refractivity contribution >= 4 is 5.82 Å². The molecule has 1 atom stereocenters. The molecule has 0 aliphatic rings. The number of rotatable bonds is 3. The molecule has 0 spiro atoms.